The lowest BCUT2D eigenvalue weighted by molar-refractivity contribution is -0.128. The Morgan fingerprint density at radius 2 is 2.14 bits per heavy atom. The Kier molecular flexibility index (Phi) is 8.50. The van der Waals surface area contributed by atoms with Crippen LogP contribution >= 0.6 is 0 Å². The second-order valence-corrected chi connectivity index (χ2v) is 11.0. The fourth-order valence-corrected chi connectivity index (χ4v) is 5.52. The van der Waals surface area contributed by atoms with Crippen LogP contribution in [0.15, 0.2) is 42.7 Å². The summed E-state index contributed by atoms with van der Waals surface area (Å²) in [6.45, 7) is 3.66. The number of rotatable bonds is 7. The molecule has 2 aliphatic heterocycles. The van der Waals surface area contributed by atoms with Gasteiger partial charge < -0.3 is 30.2 Å². The molecular formula is C32H34F2N6O3. The number of methoxy groups -OCH3 is 1. The number of aromatic nitrogens is 2. The maximum atomic E-state index is 14.6. The van der Waals surface area contributed by atoms with Crippen LogP contribution < -0.4 is 15.4 Å². The van der Waals surface area contributed by atoms with Crippen molar-refractivity contribution in [2.45, 2.75) is 31.7 Å². The van der Waals surface area contributed by atoms with Crippen LogP contribution in [0.1, 0.15) is 41.4 Å². The van der Waals surface area contributed by atoms with E-state index >= 15 is 0 Å². The number of fused-ring (bicyclic) bond motifs is 1. The number of carbonyl (C=O) groups excluding carboxylic acids is 2. The first kappa shape index (κ1) is 29.8. The highest BCUT2D eigenvalue weighted by atomic mass is 19.1. The van der Waals surface area contributed by atoms with Crippen LogP contribution in [0, 0.1) is 23.5 Å². The van der Waals surface area contributed by atoms with E-state index in [4.69, 9.17) is 4.74 Å². The molecule has 0 bridgehead atoms. The van der Waals surface area contributed by atoms with Gasteiger partial charge in [-0.05, 0) is 39.9 Å². The second kappa shape index (κ2) is 12.3. The van der Waals surface area contributed by atoms with Crippen molar-refractivity contribution in [3.8, 4) is 28.8 Å². The Hall–Kier alpha value is -4.69. The van der Waals surface area contributed by atoms with Gasteiger partial charge in [0.05, 0.1) is 35.3 Å². The summed E-state index contributed by atoms with van der Waals surface area (Å²) >= 11 is 0. The van der Waals surface area contributed by atoms with Crippen molar-refractivity contribution >= 4 is 23.2 Å². The average Bonchev–Trinajstić information content (AvgIpc) is 3.53. The highest BCUT2D eigenvalue weighted by Gasteiger charge is 2.37. The molecular weight excluding hydrogens is 554 g/mol. The van der Waals surface area contributed by atoms with Crippen LogP contribution in [-0.4, -0.2) is 78.0 Å². The number of amides is 2. The number of likely N-dealkylation sites (N-methyl/N-ethyl adjacent to an activating group) is 1. The summed E-state index contributed by atoms with van der Waals surface area (Å²) in [4.78, 5) is 37.5. The fraction of sp³-hybridized carbons (Fsp3) is 0.344. The summed E-state index contributed by atoms with van der Waals surface area (Å²) in [6, 6.07) is 3.60. The van der Waals surface area contributed by atoms with Gasteiger partial charge in [0.1, 0.15) is 11.4 Å². The summed E-state index contributed by atoms with van der Waals surface area (Å²) in [5.74, 6) is 4.30. The number of nitrogens with zero attached hydrogens (tertiary/aromatic N) is 3. The fourth-order valence-electron chi connectivity index (χ4n) is 5.52. The number of pyridine rings is 1. The lowest BCUT2D eigenvalue weighted by Gasteiger charge is -2.29. The summed E-state index contributed by atoms with van der Waals surface area (Å²) in [5.41, 5.74) is 2.40. The molecule has 224 valence electrons. The van der Waals surface area contributed by atoms with Gasteiger partial charge in [-0.15, -0.1) is 0 Å². The average molecular weight is 589 g/mol. The van der Waals surface area contributed by atoms with Gasteiger partial charge in [-0.3, -0.25) is 14.6 Å². The monoisotopic (exact) mass is 588 g/mol. The van der Waals surface area contributed by atoms with E-state index in [0.717, 1.165) is 25.0 Å². The molecule has 3 N–H and O–H groups in total. The molecule has 0 saturated carbocycles. The molecule has 2 aliphatic rings. The van der Waals surface area contributed by atoms with Crippen molar-refractivity contribution in [2.75, 3.05) is 46.2 Å². The molecule has 0 unspecified atom stereocenters. The number of likely N-dealkylation sites (tertiary alicyclic amines) is 1. The molecule has 1 fully saturated rings. The minimum absolute atomic E-state index is 0.0260. The van der Waals surface area contributed by atoms with Gasteiger partial charge >= 0.3 is 0 Å². The van der Waals surface area contributed by atoms with Crippen LogP contribution in [0.5, 0.6) is 5.75 Å². The zero-order valence-corrected chi connectivity index (χ0v) is 24.6. The van der Waals surface area contributed by atoms with Crippen LogP contribution in [0.25, 0.3) is 11.3 Å². The lowest BCUT2D eigenvalue weighted by Crippen LogP contribution is -2.43. The molecule has 9 nitrogen and oxygen atoms in total. The van der Waals surface area contributed by atoms with Gasteiger partial charge in [-0.1, -0.05) is 17.9 Å². The number of aromatic amines is 1. The van der Waals surface area contributed by atoms with Gasteiger partial charge in [0.25, 0.3) is 5.91 Å². The molecule has 1 saturated heterocycles. The molecule has 2 amide bonds. The predicted octanol–water partition coefficient (Wildman–Crippen LogP) is 4.24. The maximum Gasteiger partial charge on any atom is 0.255 e. The van der Waals surface area contributed by atoms with E-state index in [1.807, 2.05) is 32.0 Å². The Labute approximate surface area is 249 Å². The largest absolute Gasteiger partial charge is 0.492 e. The highest BCUT2D eigenvalue weighted by Crippen LogP contribution is 2.40. The van der Waals surface area contributed by atoms with E-state index < -0.39 is 17.2 Å². The first-order chi connectivity index (χ1) is 20.6. The molecule has 2 aromatic heterocycles. The third-order valence-corrected chi connectivity index (χ3v) is 7.63. The van der Waals surface area contributed by atoms with E-state index in [2.05, 4.69) is 32.4 Å². The van der Waals surface area contributed by atoms with E-state index in [9.17, 15) is 18.4 Å². The Bertz CT molecular complexity index is 1650. The number of hydrogen-bond donors (Lipinski definition) is 3. The van der Waals surface area contributed by atoms with Crippen molar-refractivity contribution in [3.05, 3.63) is 71.2 Å². The van der Waals surface area contributed by atoms with Crippen molar-refractivity contribution in [2.24, 2.45) is 0 Å². The molecule has 1 aromatic carbocycles. The standard InChI is InChI=1S/C32H34F2N6O3/c1-32(11-6-16-40(32)26(41)7-5-15-39(2)3)12-8-20-19-35-13-9-22(20)28-29(27-24(37-28)10-14-36-31(27)42)38-25-18-21(33)17-23(34)30(25)43-4/h5,7,9,13,17-19,37-38H,6,10-11,14-16H2,1-4H3,(H,36,42)/b7-5+/t32-/m1/s1. The number of ether oxygens (including phenoxy) is 1. The summed E-state index contributed by atoms with van der Waals surface area (Å²) in [5, 5.41) is 5.90. The topological polar surface area (TPSA) is 103 Å². The minimum Gasteiger partial charge on any atom is -0.492 e. The second-order valence-electron chi connectivity index (χ2n) is 11.0. The van der Waals surface area contributed by atoms with Crippen molar-refractivity contribution < 1.29 is 23.1 Å². The van der Waals surface area contributed by atoms with Gasteiger partial charge in [0.2, 0.25) is 5.91 Å². The molecule has 0 radical (unpaired) electrons. The van der Waals surface area contributed by atoms with E-state index in [1.165, 1.54) is 7.11 Å². The number of hydrogen-bond acceptors (Lipinski definition) is 6. The minimum atomic E-state index is -0.878. The molecule has 4 heterocycles. The smallest absolute Gasteiger partial charge is 0.255 e. The highest BCUT2D eigenvalue weighted by molar-refractivity contribution is 6.06. The maximum absolute atomic E-state index is 14.6. The van der Waals surface area contributed by atoms with Crippen LogP contribution in [0.3, 0.4) is 0 Å². The van der Waals surface area contributed by atoms with Crippen LogP contribution in [-0.2, 0) is 11.2 Å². The summed E-state index contributed by atoms with van der Waals surface area (Å²) in [7, 11) is 5.16. The third kappa shape index (κ3) is 6.10. The molecule has 43 heavy (non-hydrogen) atoms. The summed E-state index contributed by atoms with van der Waals surface area (Å²) in [6.07, 6.45) is 8.74. The number of anilines is 2. The van der Waals surface area contributed by atoms with Crippen molar-refractivity contribution in [3.63, 3.8) is 0 Å². The van der Waals surface area contributed by atoms with E-state index in [-0.39, 0.29) is 23.3 Å². The number of nitrogens with one attached hydrogen (secondary N) is 3. The zero-order chi connectivity index (χ0) is 30.7. The molecule has 5 rings (SSSR count). The van der Waals surface area contributed by atoms with E-state index in [1.54, 1.807) is 29.4 Å². The number of H-pyrrole nitrogens is 1. The number of carbonyl (C=O) groups is 2. The third-order valence-electron chi connectivity index (χ3n) is 7.63. The summed E-state index contributed by atoms with van der Waals surface area (Å²) < 4.78 is 34.0. The Morgan fingerprint density at radius 1 is 1.33 bits per heavy atom. The predicted molar refractivity (Wildman–Crippen MR) is 160 cm³/mol. The molecule has 1 atom stereocenters. The first-order valence-corrected chi connectivity index (χ1v) is 14.0. The quantitative estimate of drug-likeness (QED) is 0.282. The molecule has 11 heteroatoms. The molecule has 0 spiro atoms. The Morgan fingerprint density at radius 3 is 2.91 bits per heavy atom. The first-order valence-electron chi connectivity index (χ1n) is 14.0. The lowest BCUT2D eigenvalue weighted by atomic mass is 9.97. The molecule has 3 aromatic rings. The van der Waals surface area contributed by atoms with Crippen molar-refractivity contribution in [1.29, 1.82) is 0 Å². The van der Waals surface area contributed by atoms with Gasteiger partial charge in [0.15, 0.2) is 11.6 Å². The SMILES string of the molecule is COc1c(F)cc(F)cc1Nc1c(-c2ccncc2C#C[C@@]2(C)CCCN2C(=O)/C=C/CN(C)C)[nH]c2c1C(=O)NCC2. The van der Waals surface area contributed by atoms with Gasteiger partial charge in [-0.2, -0.15) is 0 Å². The van der Waals surface area contributed by atoms with Crippen molar-refractivity contribution in [1.82, 2.24) is 25.1 Å². The zero-order valence-electron chi connectivity index (χ0n) is 24.6. The number of halogens is 2. The normalized spacial score (nSPS) is 17.9. The van der Waals surface area contributed by atoms with Gasteiger partial charge in [0, 0.05) is 67.9 Å². The van der Waals surface area contributed by atoms with Crippen LogP contribution in [0.2, 0.25) is 0 Å². The van der Waals surface area contributed by atoms with Gasteiger partial charge in [-0.25, -0.2) is 8.78 Å². The van der Waals surface area contributed by atoms with Crippen LogP contribution in [0.4, 0.5) is 20.2 Å². The van der Waals surface area contributed by atoms with E-state index in [0.29, 0.717) is 59.8 Å². The Balaban J connectivity index is 1.56. The molecule has 0 aliphatic carbocycles. The number of benzene rings is 1.